The van der Waals surface area contributed by atoms with E-state index in [1.165, 1.54) is 0 Å². The fraction of sp³-hybridized carbons (Fsp3) is 0.412. The first-order valence-electron chi connectivity index (χ1n) is 7.90. The molecule has 2 saturated heterocycles. The number of aromatic nitrogens is 2. The number of rotatable bonds is 2. The zero-order valence-corrected chi connectivity index (χ0v) is 14.0. The monoisotopic (exact) mass is 349 g/mol. The molecule has 6 heteroatoms. The molecule has 2 atom stereocenters. The molecular formula is C17H17Cl2N3O. The van der Waals surface area contributed by atoms with Crippen LogP contribution in [0.1, 0.15) is 42.1 Å². The first kappa shape index (κ1) is 15.0. The zero-order valence-electron chi connectivity index (χ0n) is 12.5. The molecule has 0 N–H and O–H groups in total. The van der Waals surface area contributed by atoms with E-state index in [2.05, 4.69) is 5.10 Å². The van der Waals surface area contributed by atoms with E-state index in [0.717, 1.165) is 25.7 Å². The molecule has 0 saturated carbocycles. The van der Waals surface area contributed by atoms with Crippen LogP contribution in [-0.2, 0) is 0 Å². The lowest BCUT2D eigenvalue weighted by atomic mass is 9.96. The van der Waals surface area contributed by atoms with E-state index < -0.39 is 0 Å². The van der Waals surface area contributed by atoms with Crippen LogP contribution in [0.2, 0.25) is 10.0 Å². The van der Waals surface area contributed by atoms with Crippen LogP contribution in [0.25, 0.3) is 0 Å². The molecule has 1 aromatic heterocycles. The highest BCUT2D eigenvalue weighted by Crippen LogP contribution is 2.42. The molecule has 0 spiro atoms. The summed E-state index contributed by atoms with van der Waals surface area (Å²) >= 11 is 12.2. The number of carbonyl (C=O) groups excluding carboxylic acids is 1. The number of piperidine rings is 1. The molecular weight excluding hydrogens is 333 g/mol. The van der Waals surface area contributed by atoms with Crippen LogP contribution in [0, 0.1) is 0 Å². The molecule has 2 fully saturated rings. The van der Waals surface area contributed by atoms with Gasteiger partial charge in [-0.1, -0.05) is 35.3 Å². The second kappa shape index (κ2) is 5.84. The number of fused-ring (bicyclic) bond motifs is 2. The predicted octanol–water partition coefficient (Wildman–Crippen LogP) is 4.20. The lowest BCUT2D eigenvalue weighted by molar-refractivity contribution is 0.0524. The van der Waals surface area contributed by atoms with Crippen molar-refractivity contribution in [2.75, 3.05) is 0 Å². The summed E-state index contributed by atoms with van der Waals surface area (Å²) < 4.78 is 1.95. The van der Waals surface area contributed by atoms with Crippen LogP contribution in [0.5, 0.6) is 0 Å². The van der Waals surface area contributed by atoms with Gasteiger partial charge >= 0.3 is 0 Å². The van der Waals surface area contributed by atoms with Crippen LogP contribution < -0.4 is 0 Å². The molecule has 2 aliphatic heterocycles. The van der Waals surface area contributed by atoms with Crippen LogP contribution in [0.3, 0.4) is 0 Å². The van der Waals surface area contributed by atoms with Gasteiger partial charge < -0.3 is 4.90 Å². The molecule has 4 rings (SSSR count). The van der Waals surface area contributed by atoms with Crippen molar-refractivity contribution in [3.63, 3.8) is 0 Å². The molecule has 23 heavy (non-hydrogen) atoms. The molecule has 1 amide bonds. The van der Waals surface area contributed by atoms with E-state index >= 15 is 0 Å². The van der Waals surface area contributed by atoms with E-state index in [0.29, 0.717) is 21.7 Å². The topological polar surface area (TPSA) is 38.1 Å². The summed E-state index contributed by atoms with van der Waals surface area (Å²) in [6, 6.07) is 8.12. The number of amides is 1. The standard InChI is InChI=1S/C17H17Cl2N3O/c18-11-9-20-21(10-11)14-7-12-5-6-13(8-14)22(12)17(23)15-3-1-2-4-16(15)19/h1-4,9-10,12-14H,5-8H2. The highest BCUT2D eigenvalue weighted by molar-refractivity contribution is 6.33. The summed E-state index contributed by atoms with van der Waals surface area (Å²) in [5, 5.41) is 5.52. The second-order valence-corrected chi connectivity index (χ2v) is 7.18. The van der Waals surface area contributed by atoms with Crippen molar-refractivity contribution in [1.82, 2.24) is 14.7 Å². The van der Waals surface area contributed by atoms with Gasteiger partial charge in [0.05, 0.1) is 27.8 Å². The van der Waals surface area contributed by atoms with Gasteiger partial charge in [0.2, 0.25) is 0 Å². The minimum Gasteiger partial charge on any atom is -0.332 e. The zero-order chi connectivity index (χ0) is 16.0. The van der Waals surface area contributed by atoms with E-state index in [1.54, 1.807) is 12.3 Å². The maximum Gasteiger partial charge on any atom is 0.255 e. The molecule has 120 valence electrons. The number of halogens is 2. The quantitative estimate of drug-likeness (QED) is 0.814. The summed E-state index contributed by atoms with van der Waals surface area (Å²) in [6.45, 7) is 0. The lowest BCUT2D eigenvalue weighted by Gasteiger charge is -2.39. The minimum atomic E-state index is 0.0556. The highest BCUT2D eigenvalue weighted by atomic mass is 35.5. The summed E-state index contributed by atoms with van der Waals surface area (Å²) in [5.74, 6) is 0.0556. The van der Waals surface area contributed by atoms with Gasteiger partial charge in [-0.05, 0) is 37.8 Å². The van der Waals surface area contributed by atoms with Crippen LogP contribution in [-0.4, -0.2) is 32.7 Å². The third-order valence-corrected chi connectivity index (χ3v) is 5.52. The van der Waals surface area contributed by atoms with Crippen LogP contribution in [0.4, 0.5) is 0 Å². The molecule has 0 aliphatic carbocycles. The largest absolute Gasteiger partial charge is 0.332 e. The Labute approximate surface area is 145 Å². The van der Waals surface area contributed by atoms with Crippen molar-refractivity contribution in [1.29, 1.82) is 0 Å². The minimum absolute atomic E-state index is 0.0556. The average molecular weight is 350 g/mol. The maximum absolute atomic E-state index is 12.9. The molecule has 2 aromatic rings. The Hall–Kier alpha value is -1.52. The molecule has 0 radical (unpaired) electrons. The van der Waals surface area contributed by atoms with Crippen LogP contribution >= 0.6 is 23.2 Å². The number of hydrogen-bond acceptors (Lipinski definition) is 2. The van der Waals surface area contributed by atoms with Crippen molar-refractivity contribution in [3.05, 3.63) is 52.3 Å². The van der Waals surface area contributed by atoms with Crippen LogP contribution in [0.15, 0.2) is 36.7 Å². The summed E-state index contributed by atoms with van der Waals surface area (Å²) in [7, 11) is 0. The van der Waals surface area contributed by atoms with E-state index in [1.807, 2.05) is 34.0 Å². The smallest absolute Gasteiger partial charge is 0.255 e. The van der Waals surface area contributed by atoms with E-state index in [-0.39, 0.29) is 18.0 Å². The van der Waals surface area contributed by atoms with Gasteiger partial charge in [-0.25, -0.2) is 0 Å². The third kappa shape index (κ3) is 2.64. The summed E-state index contributed by atoms with van der Waals surface area (Å²) in [6.07, 6.45) is 7.48. The third-order valence-electron chi connectivity index (χ3n) is 4.99. The fourth-order valence-electron chi connectivity index (χ4n) is 3.98. The summed E-state index contributed by atoms with van der Waals surface area (Å²) in [5.41, 5.74) is 0.603. The first-order chi connectivity index (χ1) is 11.1. The Morgan fingerprint density at radius 3 is 2.39 bits per heavy atom. The Morgan fingerprint density at radius 1 is 1.09 bits per heavy atom. The predicted molar refractivity (Wildman–Crippen MR) is 89.9 cm³/mol. The van der Waals surface area contributed by atoms with E-state index in [9.17, 15) is 4.79 Å². The van der Waals surface area contributed by atoms with Crippen molar-refractivity contribution < 1.29 is 4.79 Å². The number of carbonyl (C=O) groups is 1. The molecule has 2 aliphatic rings. The average Bonchev–Trinajstić information content (AvgIpc) is 3.08. The first-order valence-corrected chi connectivity index (χ1v) is 8.66. The summed E-state index contributed by atoms with van der Waals surface area (Å²) in [4.78, 5) is 15.0. The van der Waals surface area contributed by atoms with Crippen molar-refractivity contribution in [2.45, 2.75) is 43.8 Å². The fourth-order valence-corrected chi connectivity index (χ4v) is 4.34. The molecule has 3 heterocycles. The van der Waals surface area contributed by atoms with Gasteiger partial charge in [0.1, 0.15) is 0 Å². The Kier molecular flexibility index (Phi) is 3.82. The van der Waals surface area contributed by atoms with Gasteiger partial charge in [0.15, 0.2) is 0 Å². The molecule has 2 bridgehead atoms. The number of nitrogens with zero attached hydrogens (tertiary/aromatic N) is 3. The van der Waals surface area contributed by atoms with Gasteiger partial charge in [-0.3, -0.25) is 9.48 Å². The number of hydrogen-bond donors (Lipinski definition) is 0. The number of benzene rings is 1. The van der Waals surface area contributed by atoms with Gasteiger partial charge in [-0.2, -0.15) is 5.10 Å². The normalized spacial score (nSPS) is 26.5. The molecule has 2 unspecified atom stereocenters. The Morgan fingerprint density at radius 2 is 1.78 bits per heavy atom. The SMILES string of the molecule is O=C(c1ccccc1Cl)N1C2CCC1CC(n1cc(Cl)cn1)C2. The Balaban J connectivity index is 1.57. The van der Waals surface area contributed by atoms with Crippen molar-refractivity contribution >= 4 is 29.1 Å². The van der Waals surface area contributed by atoms with Gasteiger partial charge in [0, 0.05) is 18.3 Å². The highest BCUT2D eigenvalue weighted by Gasteiger charge is 2.44. The molecule has 4 nitrogen and oxygen atoms in total. The molecule has 1 aromatic carbocycles. The van der Waals surface area contributed by atoms with Crippen molar-refractivity contribution in [3.8, 4) is 0 Å². The Bertz CT molecular complexity index is 731. The lowest BCUT2D eigenvalue weighted by Crippen LogP contribution is -2.47. The second-order valence-electron chi connectivity index (χ2n) is 6.34. The van der Waals surface area contributed by atoms with E-state index in [4.69, 9.17) is 23.2 Å². The maximum atomic E-state index is 12.9. The van der Waals surface area contributed by atoms with Crippen molar-refractivity contribution in [2.24, 2.45) is 0 Å². The van der Waals surface area contributed by atoms with Gasteiger partial charge in [0.25, 0.3) is 5.91 Å². The van der Waals surface area contributed by atoms with Gasteiger partial charge in [-0.15, -0.1) is 0 Å².